The fourth-order valence-electron chi connectivity index (χ4n) is 3.03. The number of nitrogens with one attached hydrogen (secondary N) is 2. The maximum atomic E-state index is 5.32. The lowest BCUT2D eigenvalue weighted by atomic mass is 10.1. The first kappa shape index (κ1) is 17.6. The molecule has 3 fully saturated rings. The van der Waals surface area contributed by atoms with Crippen molar-refractivity contribution < 1.29 is 4.42 Å². The van der Waals surface area contributed by atoms with E-state index < -0.39 is 0 Å². The molecule has 0 aromatic carbocycles. The Labute approximate surface area is 149 Å². The lowest BCUT2D eigenvalue weighted by molar-refractivity contribution is 0.0154. The van der Waals surface area contributed by atoms with Gasteiger partial charge in [-0.3, -0.25) is 9.80 Å². The lowest BCUT2D eigenvalue weighted by Crippen LogP contribution is -2.63. The zero-order chi connectivity index (χ0) is 14.5. The molecule has 4 heterocycles. The quantitative estimate of drug-likeness (QED) is 0.423. The first-order valence-corrected chi connectivity index (χ1v) is 7.86. The van der Waals surface area contributed by atoms with Gasteiger partial charge in [-0.15, -0.1) is 24.0 Å². The van der Waals surface area contributed by atoms with E-state index in [1.54, 1.807) is 6.26 Å². The van der Waals surface area contributed by atoms with Crippen LogP contribution in [-0.4, -0.2) is 67.6 Å². The monoisotopic (exact) mass is 419 g/mol. The minimum absolute atomic E-state index is 0. The molecule has 0 saturated carbocycles. The largest absolute Gasteiger partial charge is 0.467 e. The average Bonchev–Trinajstić information content (AvgIpc) is 3.05. The van der Waals surface area contributed by atoms with Crippen LogP contribution in [0, 0.1) is 0 Å². The molecular formula is C15H26IN5O. The van der Waals surface area contributed by atoms with E-state index in [9.17, 15) is 0 Å². The predicted molar refractivity (Wildman–Crippen MR) is 98.7 cm³/mol. The van der Waals surface area contributed by atoms with Crippen LogP contribution >= 0.6 is 24.0 Å². The third-order valence-electron chi connectivity index (χ3n) is 4.21. The molecule has 0 spiro atoms. The molecule has 2 N–H and O–H groups in total. The van der Waals surface area contributed by atoms with E-state index in [-0.39, 0.29) is 24.0 Å². The highest BCUT2D eigenvalue weighted by atomic mass is 127. The van der Waals surface area contributed by atoms with Gasteiger partial charge in [0.2, 0.25) is 0 Å². The topological polar surface area (TPSA) is 56.0 Å². The van der Waals surface area contributed by atoms with Crippen LogP contribution in [0.1, 0.15) is 12.7 Å². The number of hydrogen-bond donors (Lipinski definition) is 2. The number of guanidine groups is 1. The summed E-state index contributed by atoms with van der Waals surface area (Å²) in [6.45, 7) is 10.5. The van der Waals surface area contributed by atoms with Gasteiger partial charge in [0, 0.05) is 51.9 Å². The summed E-state index contributed by atoms with van der Waals surface area (Å²) in [5.41, 5.74) is 0. The Hall–Kier alpha value is -0.800. The molecular weight excluding hydrogens is 393 g/mol. The van der Waals surface area contributed by atoms with E-state index >= 15 is 0 Å². The molecule has 1 aromatic heterocycles. The van der Waals surface area contributed by atoms with Crippen LogP contribution in [0.4, 0.5) is 0 Å². The maximum absolute atomic E-state index is 5.32. The molecule has 6 nitrogen and oxygen atoms in total. The molecule has 4 rings (SSSR count). The minimum Gasteiger partial charge on any atom is -0.467 e. The van der Waals surface area contributed by atoms with E-state index in [0.717, 1.165) is 24.8 Å². The molecule has 124 valence electrons. The highest BCUT2D eigenvalue weighted by Crippen LogP contribution is 2.14. The Morgan fingerprint density at radius 1 is 1.32 bits per heavy atom. The normalized spacial score (nSPS) is 27.3. The fourth-order valence-corrected chi connectivity index (χ4v) is 3.03. The average molecular weight is 419 g/mol. The van der Waals surface area contributed by atoms with Crippen molar-refractivity contribution in [2.24, 2.45) is 4.99 Å². The summed E-state index contributed by atoms with van der Waals surface area (Å²) < 4.78 is 5.32. The second-order valence-electron chi connectivity index (χ2n) is 5.65. The van der Waals surface area contributed by atoms with Gasteiger partial charge in [-0.25, -0.2) is 4.99 Å². The molecule has 3 aliphatic rings. The van der Waals surface area contributed by atoms with Gasteiger partial charge in [0.25, 0.3) is 0 Å². The van der Waals surface area contributed by atoms with E-state index in [0.29, 0.717) is 12.6 Å². The van der Waals surface area contributed by atoms with E-state index in [1.165, 1.54) is 32.7 Å². The summed E-state index contributed by atoms with van der Waals surface area (Å²) in [5.74, 6) is 1.75. The van der Waals surface area contributed by atoms with Gasteiger partial charge in [0.1, 0.15) is 12.3 Å². The standard InChI is InChI=1S/C15H25N5O.HI/c1-2-16-15(18-11-14-4-3-9-21-14)17-10-13-12-19-5-7-20(13)8-6-19;/h3-4,9,13H,2,5-8,10-12H2,1H3,(H2,16,17,18);1H. The zero-order valence-corrected chi connectivity index (χ0v) is 15.5. The predicted octanol–water partition coefficient (Wildman–Crippen LogP) is 0.953. The fraction of sp³-hybridized carbons (Fsp3) is 0.667. The molecule has 0 aliphatic carbocycles. The summed E-state index contributed by atoms with van der Waals surface area (Å²) >= 11 is 0. The first-order chi connectivity index (χ1) is 10.3. The van der Waals surface area contributed by atoms with Crippen molar-refractivity contribution in [3.8, 4) is 0 Å². The molecule has 3 saturated heterocycles. The second-order valence-corrected chi connectivity index (χ2v) is 5.65. The van der Waals surface area contributed by atoms with Crippen molar-refractivity contribution >= 4 is 29.9 Å². The Kier molecular flexibility index (Phi) is 6.97. The number of hydrogen-bond acceptors (Lipinski definition) is 4. The highest BCUT2D eigenvalue weighted by Gasteiger charge is 2.31. The SMILES string of the molecule is CCNC(=NCc1ccco1)NCC1CN2CCN1CC2.I. The smallest absolute Gasteiger partial charge is 0.191 e. The van der Waals surface area contributed by atoms with Gasteiger partial charge in [0.05, 0.1) is 6.26 Å². The van der Waals surface area contributed by atoms with Crippen LogP contribution in [0.25, 0.3) is 0 Å². The van der Waals surface area contributed by atoms with Gasteiger partial charge >= 0.3 is 0 Å². The summed E-state index contributed by atoms with van der Waals surface area (Å²) in [7, 11) is 0. The minimum atomic E-state index is 0. The van der Waals surface area contributed by atoms with Crippen LogP contribution in [-0.2, 0) is 6.54 Å². The van der Waals surface area contributed by atoms with Crippen molar-refractivity contribution in [1.82, 2.24) is 20.4 Å². The molecule has 22 heavy (non-hydrogen) atoms. The zero-order valence-electron chi connectivity index (χ0n) is 13.1. The van der Waals surface area contributed by atoms with Crippen LogP contribution < -0.4 is 10.6 Å². The van der Waals surface area contributed by atoms with Crippen molar-refractivity contribution in [3.05, 3.63) is 24.2 Å². The third-order valence-corrected chi connectivity index (χ3v) is 4.21. The molecule has 1 aromatic rings. The van der Waals surface area contributed by atoms with Gasteiger partial charge in [-0.2, -0.15) is 0 Å². The first-order valence-electron chi connectivity index (χ1n) is 7.86. The number of nitrogens with zero attached hydrogens (tertiary/aromatic N) is 3. The van der Waals surface area contributed by atoms with Gasteiger partial charge < -0.3 is 15.1 Å². The summed E-state index contributed by atoms with van der Waals surface area (Å²) in [5, 5.41) is 6.76. The van der Waals surface area contributed by atoms with Crippen LogP contribution in [0.15, 0.2) is 27.8 Å². The maximum Gasteiger partial charge on any atom is 0.191 e. The molecule has 1 atom stereocenters. The number of piperazine rings is 3. The van der Waals surface area contributed by atoms with Crippen molar-refractivity contribution in [1.29, 1.82) is 0 Å². The molecule has 2 bridgehead atoms. The Balaban J connectivity index is 0.00000176. The second kappa shape index (κ2) is 8.73. The lowest BCUT2D eigenvalue weighted by Gasteiger charge is -2.47. The molecule has 0 radical (unpaired) electrons. The van der Waals surface area contributed by atoms with Gasteiger partial charge in [-0.1, -0.05) is 0 Å². The third kappa shape index (κ3) is 4.60. The summed E-state index contributed by atoms with van der Waals surface area (Å²) in [6, 6.07) is 4.44. The molecule has 7 heteroatoms. The number of rotatable bonds is 5. The van der Waals surface area contributed by atoms with Crippen LogP contribution in [0.2, 0.25) is 0 Å². The Bertz CT molecular complexity index is 457. The number of aliphatic imine (C=N–C) groups is 1. The van der Waals surface area contributed by atoms with E-state index in [4.69, 9.17) is 4.42 Å². The van der Waals surface area contributed by atoms with Crippen molar-refractivity contribution in [2.75, 3.05) is 45.8 Å². The Morgan fingerprint density at radius 2 is 2.14 bits per heavy atom. The highest BCUT2D eigenvalue weighted by molar-refractivity contribution is 14.0. The van der Waals surface area contributed by atoms with Crippen LogP contribution in [0.3, 0.4) is 0 Å². The summed E-state index contributed by atoms with van der Waals surface area (Å²) in [6.07, 6.45) is 1.69. The molecule has 1 unspecified atom stereocenters. The van der Waals surface area contributed by atoms with Gasteiger partial charge in [-0.05, 0) is 19.1 Å². The van der Waals surface area contributed by atoms with E-state index in [2.05, 4.69) is 32.3 Å². The molecule has 0 amide bonds. The molecule has 3 aliphatic heterocycles. The summed E-state index contributed by atoms with van der Waals surface area (Å²) in [4.78, 5) is 9.71. The van der Waals surface area contributed by atoms with E-state index in [1.807, 2.05) is 12.1 Å². The van der Waals surface area contributed by atoms with Gasteiger partial charge in [0.15, 0.2) is 5.96 Å². The van der Waals surface area contributed by atoms with Crippen LogP contribution in [0.5, 0.6) is 0 Å². The number of fused-ring (bicyclic) bond motifs is 3. The van der Waals surface area contributed by atoms with Crippen molar-refractivity contribution in [3.63, 3.8) is 0 Å². The number of furan rings is 1. The Morgan fingerprint density at radius 3 is 2.73 bits per heavy atom. The number of halogens is 1. The van der Waals surface area contributed by atoms with Crippen molar-refractivity contribution in [2.45, 2.75) is 19.5 Å².